The van der Waals surface area contributed by atoms with Gasteiger partial charge < -0.3 is 14.8 Å². The Kier molecular flexibility index (Phi) is 10.5. The van der Waals surface area contributed by atoms with Crippen LogP contribution in [0.4, 0.5) is 0 Å². The highest BCUT2D eigenvalue weighted by molar-refractivity contribution is 5.79. The zero-order valence-corrected chi connectivity index (χ0v) is 31.3. The Balaban J connectivity index is 1.19. The van der Waals surface area contributed by atoms with Crippen LogP contribution in [0.25, 0.3) is 11.1 Å². The molecule has 8 heteroatoms. The van der Waals surface area contributed by atoms with Crippen molar-refractivity contribution in [3.63, 3.8) is 0 Å². The van der Waals surface area contributed by atoms with Gasteiger partial charge in [-0.05, 0) is 157 Å². The average molecular weight is 683 g/mol. The van der Waals surface area contributed by atoms with Gasteiger partial charge >= 0.3 is 5.97 Å². The maximum Gasteiger partial charge on any atom is 0.309 e. The predicted molar refractivity (Wildman–Crippen MR) is 197 cm³/mol. The topological polar surface area (TPSA) is 95.3 Å². The van der Waals surface area contributed by atoms with Crippen molar-refractivity contribution >= 4 is 11.9 Å². The summed E-state index contributed by atoms with van der Waals surface area (Å²) < 4.78 is 13.1. The van der Waals surface area contributed by atoms with Crippen LogP contribution in [0.3, 0.4) is 0 Å². The Hall–Kier alpha value is -3.68. The van der Waals surface area contributed by atoms with Crippen LogP contribution >= 0.6 is 0 Å². The van der Waals surface area contributed by atoms with E-state index in [9.17, 15) is 9.59 Å². The van der Waals surface area contributed by atoms with Gasteiger partial charge in [0.2, 0.25) is 5.91 Å². The Morgan fingerprint density at radius 2 is 1.60 bits per heavy atom. The number of pyridine rings is 1. The van der Waals surface area contributed by atoms with E-state index in [2.05, 4.69) is 66.9 Å². The highest BCUT2D eigenvalue weighted by atomic mass is 16.6. The van der Waals surface area contributed by atoms with Crippen molar-refractivity contribution in [1.82, 2.24) is 20.1 Å². The van der Waals surface area contributed by atoms with E-state index in [0.717, 1.165) is 93.2 Å². The first-order valence-corrected chi connectivity index (χ1v) is 19.0. The van der Waals surface area contributed by atoms with Gasteiger partial charge in [0.25, 0.3) is 0 Å². The number of benzene rings is 1. The average Bonchev–Trinajstić information content (AvgIpc) is 3.62. The third-order valence-corrected chi connectivity index (χ3v) is 12.2. The molecule has 2 bridgehead atoms. The van der Waals surface area contributed by atoms with E-state index in [1.54, 1.807) is 7.11 Å². The quantitative estimate of drug-likeness (QED) is 0.203. The molecular weight excluding hydrogens is 624 g/mol. The van der Waals surface area contributed by atoms with Gasteiger partial charge in [-0.25, -0.2) is 0 Å². The van der Waals surface area contributed by atoms with Crippen molar-refractivity contribution in [3.8, 4) is 16.9 Å². The van der Waals surface area contributed by atoms with Gasteiger partial charge in [0, 0.05) is 29.9 Å². The number of nitrogens with one attached hydrogen (secondary N) is 1. The Bertz CT molecular complexity index is 1600. The zero-order valence-electron chi connectivity index (χ0n) is 31.3. The maximum atomic E-state index is 14.2. The molecule has 2 heterocycles. The first-order chi connectivity index (χ1) is 23.8. The fourth-order valence-electron chi connectivity index (χ4n) is 9.04. The molecule has 1 aromatic carbocycles. The number of esters is 1. The first kappa shape index (κ1) is 36.1. The molecule has 0 saturated heterocycles. The minimum Gasteiger partial charge on any atom is -0.497 e. The van der Waals surface area contributed by atoms with E-state index in [-0.39, 0.29) is 46.6 Å². The van der Waals surface area contributed by atoms with Crippen LogP contribution in [-0.2, 0) is 19.7 Å². The molecule has 4 aliphatic rings. The summed E-state index contributed by atoms with van der Waals surface area (Å²) in [5.74, 6) is 1.19. The number of rotatable bonds is 11. The molecule has 2 atom stereocenters. The van der Waals surface area contributed by atoms with Crippen molar-refractivity contribution in [2.75, 3.05) is 7.11 Å². The molecule has 3 aromatic rings. The lowest BCUT2D eigenvalue weighted by atomic mass is 9.49. The second-order valence-corrected chi connectivity index (χ2v) is 17.0. The third kappa shape index (κ3) is 7.79. The van der Waals surface area contributed by atoms with E-state index >= 15 is 0 Å². The number of nitrogens with zero attached hydrogens (tertiary/aromatic N) is 3. The lowest BCUT2D eigenvalue weighted by Gasteiger charge is -2.56. The highest BCUT2D eigenvalue weighted by Crippen LogP contribution is 2.62. The van der Waals surface area contributed by atoms with E-state index in [1.807, 2.05) is 44.8 Å². The highest BCUT2D eigenvalue weighted by Gasteiger charge is 2.54. The number of methoxy groups -OCH3 is 1. The molecule has 0 spiro atoms. The summed E-state index contributed by atoms with van der Waals surface area (Å²) in [6, 6.07) is 13.1. The van der Waals surface area contributed by atoms with Crippen LogP contribution < -0.4 is 10.1 Å². The molecule has 4 saturated carbocycles. The van der Waals surface area contributed by atoms with Crippen LogP contribution in [0.5, 0.6) is 5.75 Å². The predicted octanol–water partition coefficient (Wildman–Crippen LogP) is 9.16. The van der Waals surface area contributed by atoms with Crippen molar-refractivity contribution < 1.29 is 19.1 Å². The summed E-state index contributed by atoms with van der Waals surface area (Å²) in [6.07, 6.45) is 16.8. The number of carbonyl (C=O) groups excluding carboxylic acids is 2. The van der Waals surface area contributed by atoms with Crippen LogP contribution in [-0.4, -0.2) is 39.4 Å². The van der Waals surface area contributed by atoms with Crippen molar-refractivity contribution in [2.24, 2.45) is 23.2 Å². The van der Waals surface area contributed by atoms with Crippen LogP contribution in [0, 0.1) is 23.2 Å². The Labute approximate surface area is 299 Å². The maximum absolute atomic E-state index is 14.2. The molecule has 50 heavy (non-hydrogen) atoms. The van der Waals surface area contributed by atoms with Crippen LogP contribution in [0.1, 0.15) is 136 Å². The Morgan fingerprint density at radius 3 is 2.18 bits per heavy atom. The number of hydrogen-bond acceptors (Lipinski definition) is 6. The van der Waals surface area contributed by atoms with Gasteiger partial charge in [-0.3, -0.25) is 19.3 Å². The van der Waals surface area contributed by atoms with E-state index in [4.69, 9.17) is 14.5 Å². The molecule has 0 aliphatic heterocycles. The number of ether oxygens (including phenoxy) is 2. The summed E-state index contributed by atoms with van der Waals surface area (Å²) >= 11 is 0. The molecule has 7 rings (SSSR count). The minimum atomic E-state index is -0.477. The lowest BCUT2D eigenvalue weighted by molar-refractivity contribution is -0.160. The van der Waals surface area contributed by atoms with Gasteiger partial charge in [-0.1, -0.05) is 19.1 Å². The molecule has 2 unspecified atom stereocenters. The van der Waals surface area contributed by atoms with Gasteiger partial charge in [0.1, 0.15) is 11.4 Å². The number of fused-ring (bicyclic) bond motifs is 3. The molecule has 1 N–H and O–H groups in total. The summed E-state index contributed by atoms with van der Waals surface area (Å²) in [5.41, 5.74) is 4.16. The summed E-state index contributed by atoms with van der Waals surface area (Å²) in [4.78, 5) is 31.8. The molecular formula is C42H58N4O4. The van der Waals surface area contributed by atoms with E-state index < -0.39 is 5.60 Å². The third-order valence-electron chi connectivity index (χ3n) is 12.2. The number of aromatic nitrogens is 3. The molecule has 8 nitrogen and oxygen atoms in total. The normalized spacial score (nSPS) is 26.3. The van der Waals surface area contributed by atoms with Gasteiger partial charge in [0.15, 0.2) is 0 Å². The van der Waals surface area contributed by atoms with Crippen LogP contribution in [0.15, 0.2) is 55.0 Å². The fraction of sp³-hybridized carbons (Fsp3) is 0.619. The SMILES string of the molecule is COc1ccc(C23CCC(C(NC(=O)C4CCC(CC(C)C(=O)OC(C)(C)C)CC4)c4cc(-c5cnn(C(C)C)c5)ccn4)(CC2)CC3)cc1. The van der Waals surface area contributed by atoms with Crippen molar-refractivity contribution in [1.29, 1.82) is 0 Å². The number of carbonyl (C=O) groups is 2. The van der Waals surface area contributed by atoms with Gasteiger partial charge in [-0.15, -0.1) is 0 Å². The van der Waals surface area contributed by atoms with Crippen molar-refractivity contribution in [2.45, 2.75) is 135 Å². The summed E-state index contributed by atoms with van der Waals surface area (Å²) in [6.45, 7) is 12.0. The second kappa shape index (κ2) is 14.5. The second-order valence-electron chi connectivity index (χ2n) is 17.0. The molecule has 0 radical (unpaired) electrons. The minimum absolute atomic E-state index is 0.0278. The van der Waals surface area contributed by atoms with Crippen LogP contribution in [0.2, 0.25) is 0 Å². The number of hydrogen-bond donors (Lipinski definition) is 1. The fourth-order valence-corrected chi connectivity index (χ4v) is 9.04. The van der Waals surface area contributed by atoms with Crippen molar-refractivity contribution in [3.05, 3.63) is 66.2 Å². The molecule has 4 fully saturated rings. The van der Waals surface area contributed by atoms with E-state index in [0.29, 0.717) is 5.92 Å². The number of amides is 1. The molecule has 2 aromatic heterocycles. The largest absolute Gasteiger partial charge is 0.497 e. The first-order valence-electron chi connectivity index (χ1n) is 19.0. The lowest BCUT2D eigenvalue weighted by Crippen LogP contribution is -2.52. The molecule has 4 aliphatic carbocycles. The standard InChI is InChI=1S/C42H58N4O4/c1-28(2)46-27-33(26-44-46)32-16-23-43-36(25-32)37(42-20-17-41(18-21-42,19-22-42)34-12-14-35(49-7)15-13-34)45-38(47)31-10-8-30(9-11-31)24-29(3)39(48)50-40(4,5)6/h12-16,23,25-31,37H,8-11,17-22,24H2,1-7H3,(H,45,47). The Morgan fingerprint density at radius 1 is 0.940 bits per heavy atom. The zero-order chi connectivity index (χ0) is 35.7. The summed E-state index contributed by atoms with van der Waals surface area (Å²) in [7, 11) is 1.72. The molecule has 270 valence electrons. The smallest absolute Gasteiger partial charge is 0.309 e. The van der Waals surface area contributed by atoms with E-state index in [1.165, 1.54) is 5.56 Å². The van der Waals surface area contributed by atoms with Gasteiger partial charge in [-0.2, -0.15) is 5.10 Å². The summed E-state index contributed by atoms with van der Waals surface area (Å²) in [5, 5.41) is 8.24. The van der Waals surface area contributed by atoms with Gasteiger partial charge in [0.05, 0.1) is 31.0 Å². The molecule has 1 amide bonds. The monoisotopic (exact) mass is 682 g/mol.